The molecule has 0 aliphatic rings. The smallest absolute Gasteiger partial charge is 0.326 e. The van der Waals surface area contributed by atoms with E-state index in [1.54, 1.807) is 0 Å². The molecule has 0 saturated carbocycles. The van der Waals surface area contributed by atoms with E-state index in [0.29, 0.717) is 19.1 Å². The third-order valence-corrected chi connectivity index (χ3v) is 3.30. The minimum Gasteiger partial charge on any atom is -0.480 e. The van der Waals surface area contributed by atoms with Crippen molar-refractivity contribution in [3.63, 3.8) is 0 Å². The van der Waals surface area contributed by atoms with Gasteiger partial charge in [-0.1, -0.05) is 6.92 Å². The lowest BCUT2D eigenvalue weighted by Gasteiger charge is -2.23. The summed E-state index contributed by atoms with van der Waals surface area (Å²) in [6, 6.07) is -1.52. The van der Waals surface area contributed by atoms with Crippen LogP contribution < -0.4 is 10.6 Å². The average Bonchev–Trinajstić information content (AvgIpc) is 2.44. The van der Waals surface area contributed by atoms with Gasteiger partial charge in [-0.2, -0.15) is 0 Å². The van der Waals surface area contributed by atoms with Gasteiger partial charge in [-0.05, 0) is 20.4 Å². The molecule has 21 heavy (non-hydrogen) atoms. The van der Waals surface area contributed by atoms with Gasteiger partial charge in [0.15, 0.2) is 0 Å². The fourth-order valence-electron chi connectivity index (χ4n) is 1.54. The van der Waals surface area contributed by atoms with E-state index >= 15 is 0 Å². The number of carboxylic acid groups (broad SMARTS) is 1. The Morgan fingerprint density at radius 2 is 1.95 bits per heavy atom. The van der Waals surface area contributed by atoms with Gasteiger partial charge in [-0.25, -0.2) is 9.59 Å². The molecule has 0 radical (unpaired) electrons. The number of amides is 2. The molecule has 0 bridgehead atoms. The largest absolute Gasteiger partial charge is 0.480 e. The van der Waals surface area contributed by atoms with Crippen molar-refractivity contribution in [1.82, 2.24) is 15.5 Å². The third-order valence-electron chi connectivity index (χ3n) is 3.30. The number of methoxy groups -OCH3 is 1. The average molecular weight is 303 g/mol. The lowest BCUT2D eigenvalue weighted by atomic mass is 10.2. The minimum absolute atomic E-state index is 0.386. The number of urea groups is 1. The molecule has 0 rings (SSSR count). The Balaban J connectivity index is 4.15. The molecule has 0 aliphatic carbocycles. The number of nitrogens with one attached hydrogen (secondary N) is 2. The highest BCUT2D eigenvalue weighted by Gasteiger charge is 2.23. The summed E-state index contributed by atoms with van der Waals surface area (Å²) in [5.41, 5.74) is 0. The molecule has 0 saturated heterocycles. The molecule has 2 atom stereocenters. The van der Waals surface area contributed by atoms with Gasteiger partial charge in [0.2, 0.25) is 0 Å². The quantitative estimate of drug-likeness (QED) is 0.519. The van der Waals surface area contributed by atoms with Gasteiger partial charge in [-0.3, -0.25) is 4.79 Å². The second-order valence-corrected chi connectivity index (χ2v) is 4.81. The van der Waals surface area contributed by atoms with Crippen LogP contribution in [0.1, 0.15) is 26.7 Å². The maximum atomic E-state index is 11.6. The number of carbonyl (C=O) groups excluding carboxylic acids is 2. The normalized spacial score (nSPS) is 13.4. The van der Waals surface area contributed by atoms with Crippen LogP contribution in [0.3, 0.4) is 0 Å². The van der Waals surface area contributed by atoms with E-state index < -0.39 is 30.4 Å². The Hall–Kier alpha value is -1.83. The third kappa shape index (κ3) is 8.13. The van der Waals surface area contributed by atoms with Crippen LogP contribution in [0, 0.1) is 0 Å². The van der Waals surface area contributed by atoms with E-state index in [1.807, 2.05) is 7.05 Å². The van der Waals surface area contributed by atoms with Gasteiger partial charge in [0.25, 0.3) is 0 Å². The molecule has 8 nitrogen and oxygen atoms in total. The number of likely N-dealkylation sites (N-methyl/N-ethyl adjacent to an activating group) is 1. The van der Waals surface area contributed by atoms with Crippen molar-refractivity contribution >= 4 is 18.0 Å². The second-order valence-electron chi connectivity index (χ2n) is 4.81. The zero-order valence-electron chi connectivity index (χ0n) is 13.0. The molecule has 0 aromatic rings. The summed E-state index contributed by atoms with van der Waals surface area (Å²) >= 11 is 0. The lowest BCUT2D eigenvalue weighted by Crippen LogP contribution is -2.48. The molecule has 0 heterocycles. The number of esters is 1. The summed E-state index contributed by atoms with van der Waals surface area (Å²) in [5.74, 6) is -1.98. The van der Waals surface area contributed by atoms with Crippen molar-refractivity contribution in [3.8, 4) is 0 Å². The second kappa shape index (κ2) is 9.98. The summed E-state index contributed by atoms with van der Waals surface area (Å²) < 4.78 is 4.38. The van der Waals surface area contributed by atoms with Crippen LogP contribution in [0.25, 0.3) is 0 Å². The van der Waals surface area contributed by atoms with Crippen LogP contribution in [0.15, 0.2) is 0 Å². The number of carbonyl (C=O) groups is 3. The first-order chi connectivity index (χ1) is 9.81. The highest BCUT2D eigenvalue weighted by molar-refractivity contribution is 5.86. The van der Waals surface area contributed by atoms with Crippen molar-refractivity contribution < 1.29 is 24.2 Å². The molecule has 0 aliphatic heterocycles. The van der Waals surface area contributed by atoms with E-state index in [-0.39, 0.29) is 0 Å². The highest BCUT2D eigenvalue weighted by atomic mass is 16.5. The van der Waals surface area contributed by atoms with Gasteiger partial charge >= 0.3 is 18.0 Å². The minimum atomic E-state index is -1.30. The van der Waals surface area contributed by atoms with Crippen molar-refractivity contribution in [3.05, 3.63) is 0 Å². The van der Waals surface area contributed by atoms with E-state index in [0.717, 1.165) is 13.5 Å². The molecule has 1 unspecified atom stereocenters. The van der Waals surface area contributed by atoms with Crippen LogP contribution in [0.2, 0.25) is 0 Å². The number of hydrogen-bond acceptors (Lipinski definition) is 5. The molecule has 0 fully saturated rings. The molecule has 2 amide bonds. The van der Waals surface area contributed by atoms with E-state index in [9.17, 15) is 14.4 Å². The Morgan fingerprint density at radius 3 is 2.43 bits per heavy atom. The molecular weight excluding hydrogens is 278 g/mol. The maximum absolute atomic E-state index is 11.6. The molecule has 0 spiro atoms. The zero-order chi connectivity index (χ0) is 16.4. The predicted molar refractivity (Wildman–Crippen MR) is 77.0 cm³/mol. The zero-order valence-corrected chi connectivity index (χ0v) is 13.0. The van der Waals surface area contributed by atoms with Crippen LogP contribution in [0.4, 0.5) is 4.79 Å². The molecule has 3 N–H and O–H groups in total. The fraction of sp³-hybridized carbons (Fsp3) is 0.769. The van der Waals surface area contributed by atoms with E-state index in [2.05, 4.69) is 34.1 Å². The van der Waals surface area contributed by atoms with Gasteiger partial charge in [0.05, 0.1) is 13.5 Å². The van der Waals surface area contributed by atoms with Gasteiger partial charge in [0.1, 0.15) is 6.04 Å². The summed E-state index contributed by atoms with van der Waals surface area (Å²) in [6.45, 7) is 5.19. The SMILES string of the molecule is CCC(C)N(C)CCNC(=O)N[C@@H](CC(=O)OC)C(=O)O. The maximum Gasteiger partial charge on any atom is 0.326 e. The monoisotopic (exact) mass is 303 g/mol. The fourth-order valence-corrected chi connectivity index (χ4v) is 1.54. The summed E-state index contributed by atoms with van der Waals surface area (Å²) in [6.07, 6.45) is 0.592. The van der Waals surface area contributed by atoms with E-state index in [4.69, 9.17) is 5.11 Å². The van der Waals surface area contributed by atoms with Gasteiger partial charge in [-0.15, -0.1) is 0 Å². The molecular formula is C13H25N3O5. The topological polar surface area (TPSA) is 108 Å². The number of ether oxygens (including phenoxy) is 1. The molecule has 8 heteroatoms. The number of nitrogens with zero attached hydrogens (tertiary/aromatic N) is 1. The number of rotatable bonds is 9. The number of aliphatic carboxylic acids is 1. The standard InChI is InChI=1S/C13H25N3O5/c1-5-9(2)16(3)7-6-14-13(20)15-10(12(18)19)8-11(17)21-4/h9-10H,5-8H2,1-4H3,(H,18,19)(H2,14,15,20)/t9?,10-/m0/s1. The molecule has 0 aromatic heterocycles. The first-order valence-electron chi connectivity index (χ1n) is 6.86. The molecule has 122 valence electrons. The Kier molecular flexibility index (Phi) is 9.11. The Labute approximate surface area is 124 Å². The van der Waals surface area contributed by atoms with Crippen LogP contribution in [-0.2, 0) is 14.3 Å². The number of hydrogen-bond donors (Lipinski definition) is 3. The van der Waals surface area contributed by atoms with Crippen molar-refractivity contribution in [2.75, 3.05) is 27.2 Å². The van der Waals surface area contributed by atoms with Crippen molar-refractivity contribution in [2.45, 2.75) is 38.8 Å². The summed E-state index contributed by atoms with van der Waals surface area (Å²) in [4.78, 5) is 35.7. The van der Waals surface area contributed by atoms with Crippen LogP contribution in [-0.4, -0.2) is 67.3 Å². The highest BCUT2D eigenvalue weighted by Crippen LogP contribution is 1.98. The Bertz CT molecular complexity index is 362. The summed E-state index contributed by atoms with van der Waals surface area (Å²) in [5, 5.41) is 13.7. The predicted octanol–water partition coefficient (Wildman–Crippen LogP) is 0.0322. The first-order valence-corrected chi connectivity index (χ1v) is 6.86. The lowest BCUT2D eigenvalue weighted by molar-refractivity contribution is -0.147. The Morgan fingerprint density at radius 1 is 1.33 bits per heavy atom. The van der Waals surface area contributed by atoms with Crippen molar-refractivity contribution in [2.24, 2.45) is 0 Å². The van der Waals surface area contributed by atoms with Gasteiger partial charge < -0.3 is 25.4 Å². The number of carboxylic acids is 1. The van der Waals surface area contributed by atoms with Crippen LogP contribution >= 0.6 is 0 Å². The van der Waals surface area contributed by atoms with Crippen LogP contribution in [0.5, 0.6) is 0 Å². The van der Waals surface area contributed by atoms with Gasteiger partial charge in [0, 0.05) is 19.1 Å². The van der Waals surface area contributed by atoms with Crippen molar-refractivity contribution in [1.29, 1.82) is 0 Å². The first kappa shape index (κ1) is 19.2. The van der Waals surface area contributed by atoms with E-state index in [1.165, 1.54) is 0 Å². The summed E-state index contributed by atoms with van der Waals surface area (Å²) in [7, 11) is 3.11. The molecule has 0 aromatic carbocycles.